The van der Waals surface area contributed by atoms with Crippen molar-refractivity contribution in [1.29, 1.82) is 0 Å². The number of hydrogen-bond acceptors (Lipinski definition) is 3. The van der Waals surface area contributed by atoms with E-state index >= 15 is 0 Å². The second-order valence-electron chi connectivity index (χ2n) is 8.40. The Bertz CT molecular complexity index is 1660. The Hall–Kier alpha value is -3.62. The molecule has 5 rings (SSSR count). The van der Waals surface area contributed by atoms with Crippen molar-refractivity contribution >= 4 is 33.9 Å². The Balaban J connectivity index is 1.77. The number of benzene rings is 2. The van der Waals surface area contributed by atoms with Gasteiger partial charge in [0, 0.05) is 35.5 Å². The van der Waals surface area contributed by atoms with Crippen LogP contribution in [0.5, 0.6) is 0 Å². The van der Waals surface area contributed by atoms with Crippen molar-refractivity contribution < 1.29 is 23.1 Å². The third-order valence-electron chi connectivity index (χ3n) is 6.32. The quantitative estimate of drug-likeness (QED) is 0.248. The minimum Gasteiger partial charge on any atom is -0.392 e. The normalized spacial score (nSPS) is 11.7. The summed E-state index contributed by atoms with van der Waals surface area (Å²) < 4.78 is 44.5. The molecule has 0 bridgehead atoms. The summed E-state index contributed by atoms with van der Waals surface area (Å²) in [5.74, 6) is -4.50. The third kappa shape index (κ3) is 3.44. The lowest BCUT2D eigenvalue weighted by Crippen LogP contribution is -2.07. The van der Waals surface area contributed by atoms with Gasteiger partial charge in [-0.25, -0.2) is 18.2 Å². The number of rotatable bonds is 4. The number of carbonyl (C=O) groups excluding carboxylic acids is 1. The molecule has 1 N–H and O–H groups in total. The maximum Gasteiger partial charge on any atom is 0.209 e. The molecule has 0 fully saturated rings. The molecule has 0 aliphatic rings. The predicted octanol–water partition coefficient (Wildman–Crippen LogP) is 5.90. The fourth-order valence-corrected chi connectivity index (χ4v) is 4.91. The Labute approximate surface area is 203 Å². The van der Waals surface area contributed by atoms with E-state index in [4.69, 9.17) is 11.6 Å². The first-order valence-electron chi connectivity index (χ1n) is 10.7. The summed E-state index contributed by atoms with van der Waals surface area (Å²) in [4.78, 5) is 17.8. The van der Waals surface area contributed by atoms with Gasteiger partial charge in [0.1, 0.15) is 11.3 Å². The molecule has 35 heavy (non-hydrogen) atoms. The minimum atomic E-state index is -1.65. The van der Waals surface area contributed by atoms with Gasteiger partial charge in [0.2, 0.25) is 5.78 Å². The molecule has 0 radical (unpaired) electrons. The van der Waals surface area contributed by atoms with Crippen molar-refractivity contribution in [2.45, 2.75) is 20.5 Å². The minimum absolute atomic E-state index is 0.0554. The van der Waals surface area contributed by atoms with Crippen LogP contribution in [0.25, 0.3) is 27.7 Å². The fourth-order valence-electron chi connectivity index (χ4n) is 4.53. The highest BCUT2D eigenvalue weighted by atomic mass is 35.5. The van der Waals surface area contributed by atoms with Gasteiger partial charge in [-0.05, 0) is 49.7 Å². The number of aliphatic hydroxyl groups is 1. The summed E-state index contributed by atoms with van der Waals surface area (Å²) in [6.07, 6.45) is 1.61. The van der Waals surface area contributed by atoms with E-state index < -0.39 is 29.8 Å². The molecule has 0 amide bonds. The lowest BCUT2D eigenvalue weighted by Gasteiger charge is -2.14. The number of nitrogens with zero attached hydrogens (tertiary/aromatic N) is 3. The fraction of sp³-hybridized carbons (Fsp3) is 0.154. The van der Waals surface area contributed by atoms with E-state index in [2.05, 4.69) is 4.98 Å². The van der Waals surface area contributed by atoms with E-state index in [0.717, 1.165) is 16.9 Å². The topological polar surface area (TPSA) is 59.5 Å². The van der Waals surface area contributed by atoms with Crippen LogP contribution in [0.15, 0.2) is 42.6 Å². The monoisotopic (exact) mass is 497 g/mol. The van der Waals surface area contributed by atoms with Crippen LogP contribution in [0.1, 0.15) is 33.0 Å². The molecule has 3 heterocycles. The standard InChI is InChI=1S/C26H19ClF3N3O2/c1-12-7-19-24(31-13(2)32(19)3)22(27)21(12)16-5-4-6-33-20(10-15(11-34)25(16)33)26(35)14-8-17(28)23(30)18(29)9-14/h4-10,34H,11H2,1-3H3. The number of fused-ring (bicyclic) bond motifs is 2. The summed E-state index contributed by atoms with van der Waals surface area (Å²) in [6.45, 7) is 3.38. The van der Waals surface area contributed by atoms with Crippen LogP contribution in [0.4, 0.5) is 13.2 Å². The van der Waals surface area contributed by atoms with Crippen LogP contribution < -0.4 is 0 Å². The molecule has 0 aliphatic carbocycles. The van der Waals surface area contributed by atoms with E-state index in [9.17, 15) is 23.1 Å². The van der Waals surface area contributed by atoms with Gasteiger partial charge in [-0.15, -0.1) is 0 Å². The molecule has 0 atom stereocenters. The van der Waals surface area contributed by atoms with Crippen molar-refractivity contribution in [3.63, 3.8) is 0 Å². The third-order valence-corrected chi connectivity index (χ3v) is 6.69. The highest BCUT2D eigenvalue weighted by Crippen LogP contribution is 2.40. The van der Waals surface area contributed by atoms with Gasteiger partial charge in [0.15, 0.2) is 17.5 Å². The summed E-state index contributed by atoms with van der Waals surface area (Å²) in [5.41, 5.74) is 4.33. The van der Waals surface area contributed by atoms with Gasteiger partial charge in [-0.1, -0.05) is 17.7 Å². The molecule has 2 aromatic carbocycles. The molecule has 5 aromatic rings. The Morgan fingerprint density at radius 3 is 2.46 bits per heavy atom. The summed E-state index contributed by atoms with van der Waals surface area (Å²) in [7, 11) is 1.90. The van der Waals surface area contributed by atoms with Crippen molar-refractivity contribution in [2.24, 2.45) is 7.05 Å². The molecule has 9 heteroatoms. The van der Waals surface area contributed by atoms with Gasteiger partial charge < -0.3 is 14.1 Å². The summed E-state index contributed by atoms with van der Waals surface area (Å²) in [5, 5.41) is 10.5. The van der Waals surface area contributed by atoms with E-state index in [1.165, 1.54) is 10.5 Å². The van der Waals surface area contributed by atoms with Crippen LogP contribution in [0, 0.1) is 31.3 Å². The number of imidazole rings is 1. The predicted molar refractivity (Wildman–Crippen MR) is 127 cm³/mol. The maximum absolute atomic E-state index is 13.8. The lowest BCUT2D eigenvalue weighted by atomic mass is 9.98. The highest BCUT2D eigenvalue weighted by Gasteiger charge is 2.24. The summed E-state index contributed by atoms with van der Waals surface area (Å²) >= 11 is 6.84. The number of aliphatic hydroxyl groups excluding tert-OH is 1. The van der Waals surface area contributed by atoms with Crippen LogP contribution in [-0.2, 0) is 13.7 Å². The maximum atomic E-state index is 13.8. The zero-order valence-electron chi connectivity index (χ0n) is 19.0. The molecular formula is C26H19ClF3N3O2. The zero-order chi connectivity index (χ0) is 25.2. The van der Waals surface area contributed by atoms with Gasteiger partial charge in [-0.3, -0.25) is 4.79 Å². The van der Waals surface area contributed by atoms with Crippen molar-refractivity contribution in [2.75, 3.05) is 0 Å². The average molecular weight is 498 g/mol. The number of ketones is 1. The van der Waals surface area contributed by atoms with Gasteiger partial charge in [0.05, 0.1) is 28.4 Å². The molecule has 0 spiro atoms. The first-order chi connectivity index (χ1) is 16.6. The average Bonchev–Trinajstić information content (AvgIpc) is 3.35. The lowest BCUT2D eigenvalue weighted by molar-refractivity contribution is 0.103. The van der Waals surface area contributed by atoms with Gasteiger partial charge in [0.25, 0.3) is 0 Å². The van der Waals surface area contributed by atoms with E-state index in [-0.39, 0.29) is 11.3 Å². The second kappa shape index (κ2) is 8.25. The van der Waals surface area contributed by atoms with Crippen LogP contribution >= 0.6 is 11.6 Å². The first-order valence-corrected chi connectivity index (χ1v) is 11.1. The number of aromatic nitrogens is 3. The zero-order valence-corrected chi connectivity index (χ0v) is 19.7. The summed E-state index contributed by atoms with van der Waals surface area (Å²) in [6, 6.07) is 8.25. The number of hydrogen-bond donors (Lipinski definition) is 1. The van der Waals surface area contributed by atoms with Crippen molar-refractivity contribution in [3.8, 4) is 11.1 Å². The molecule has 5 nitrogen and oxygen atoms in total. The van der Waals surface area contributed by atoms with Gasteiger partial charge in [-0.2, -0.15) is 0 Å². The molecule has 0 saturated heterocycles. The van der Waals surface area contributed by atoms with Gasteiger partial charge >= 0.3 is 0 Å². The van der Waals surface area contributed by atoms with Crippen molar-refractivity contribution in [3.05, 3.63) is 93.3 Å². The number of halogens is 4. The smallest absolute Gasteiger partial charge is 0.209 e. The number of carbonyl (C=O) groups is 1. The van der Waals surface area contributed by atoms with Crippen LogP contribution in [-0.4, -0.2) is 24.8 Å². The SMILES string of the molecule is Cc1cc2c(nc(C)n2C)c(Cl)c1-c1cccn2c(C(=O)c3cc(F)c(F)c(F)c3)cc(CO)c12. The number of pyridine rings is 1. The first kappa shape index (κ1) is 23.1. The van der Waals surface area contributed by atoms with Crippen molar-refractivity contribution in [1.82, 2.24) is 14.0 Å². The molecule has 178 valence electrons. The Kier molecular flexibility index (Phi) is 5.45. The molecule has 3 aromatic heterocycles. The van der Waals surface area contributed by atoms with Crippen LogP contribution in [0.3, 0.4) is 0 Å². The molecule has 0 unspecified atom stereocenters. The van der Waals surface area contributed by atoms with E-state index in [1.807, 2.05) is 37.6 Å². The Morgan fingerprint density at radius 2 is 1.80 bits per heavy atom. The van der Waals surface area contributed by atoms with Crippen LogP contribution in [0.2, 0.25) is 5.02 Å². The largest absolute Gasteiger partial charge is 0.392 e. The van der Waals surface area contributed by atoms with E-state index in [0.29, 0.717) is 44.9 Å². The molecule has 0 saturated carbocycles. The molecule has 0 aliphatic heterocycles. The number of aryl methyl sites for hydroxylation is 3. The van der Waals surface area contributed by atoms with E-state index in [1.54, 1.807) is 12.3 Å². The Morgan fingerprint density at radius 1 is 1.11 bits per heavy atom. The second-order valence-corrected chi connectivity index (χ2v) is 8.78. The highest BCUT2D eigenvalue weighted by molar-refractivity contribution is 6.38. The molecular weight excluding hydrogens is 479 g/mol.